The monoisotopic (exact) mass is 312 g/mol. The molecule has 3 rings (SSSR count). The standard InChI is InChI=1S/C15H11O2.Y/c1-9-6-11-8-10-4-2-3-5-12(10)15(17)14(11)13(16)7-9;/h2-3,5-7,16H,8H2,1H3;/q-1;. The van der Waals surface area contributed by atoms with E-state index in [4.69, 9.17) is 0 Å². The molecule has 0 amide bonds. The van der Waals surface area contributed by atoms with Crippen LogP contribution in [0.25, 0.3) is 0 Å². The second kappa shape index (κ2) is 4.95. The van der Waals surface area contributed by atoms with Gasteiger partial charge < -0.3 is 9.90 Å². The molecule has 0 bridgehead atoms. The van der Waals surface area contributed by atoms with E-state index in [0.717, 1.165) is 16.7 Å². The van der Waals surface area contributed by atoms with E-state index in [1.807, 2.05) is 19.1 Å². The Morgan fingerprint density at radius 3 is 2.89 bits per heavy atom. The molecule has 1 aliphatic carbocycles. The Morgan fingerprint density at radius 1 is 1.33 bits per heavy atom. The Balaban J connectivity index is 0.00000120. The summed E-state index contributed by atoms with van der Waals surface area (Å²) in [5.41, 5.74) is 3.87. The van der Waals surface area contributed by atoms with E-state index >= 15 is 0 Å². The summed E-state index contributed by atoms with van der Waals surface area (Å²) in [6.45, 7) is 1.91. The summed E-state index contributed by atoms with van der Waals surface area (Å²) in [6, 6.07) is 12.1. The van der Waals surface area contributed by atoms with Gasteiger partial charge in [0.05, 0.1) is 5.56 Å². The van der Waals surface area contributed by atoms with Crippen LogP contribution in [0.4, 0.5) is 0 Å². The van der Waals surface area contributed by atoms with Crippen LogP contribution in [0.3, 0.4) is 0 Å². The van der Waals surface area contributed by atoms with Crippen molar-refractivity contribution < 1.29 is 42.6 Å². The second-order valence-electron chi connectivity index (χ2n) is 4.39. The number of hydrogen-bond donors (Lipinski definition) is 1. The maximum absolute atomic E-state index is 12.3. The molecule has 0 saturated carbocycles. The summed E-state index contributed by atoms with van der Waals surface area (Å²) in [6.07, 6.45) is 0.659. The normalized spacial score (nSPS) is 12.4. The molecule has 0 aliphatic heterocycles. The van der Waals surface area contributed by atoms with Crippen molar-refractivity contribution in [2.75, 3.05) is 0 Å². The van der Waals surface area contributed by atoms with Gasteiger partial charge in [0.2, 0.25) is 0 Å². The van der Waals surface area contributed by atoms with Gasteiger partial charge in [-0.25, -0.2) is 0 Å². The summed E-state index contributed by atoms with van der Waals surface area (Å²) in [7, 11) is 0. The number of ketones is 1. The number of carbonyl (C=O) groups excluding carboxylic acids is 1. The van der Waals surface area contributed by atoms with E-state index in [1.165, 1.54) is 0 Å². The Bertz CT molecular complexity index is 632. The third kappa shape index (κ3) is 2.04. The van der Waals surface area contributed by atoms with Crippen molar-refractivity contribution >= 4 is 5.78 Å². The number of phenolic OH excluding ortho intramolecular Hbond substituents is 1. The third-order valence-corrected chi connectivity index (χ3v) is 3.12. The minimum absolute atomic E-state index is 0. The molecule has 0 spiro atoms. The molecule has 2 aromatic rings. The number of aromatic hydroxyl groups is 1. The smallest absolute Gasteiger partial charge is 0.143 e. The van der Waals surface area contributed by atoms with Gasteiger partial charge in [-0.15, -0.1) is 5.56 Å². The van der Waals surface area contributed by atoms with E-state index in [0.29, 0.717) is 17.5 Å². The number of benzene rings is 2. The van der Waals surface area contributed by atoms with Crippen LogP contribution in [0, 0.1) is 13.0 Å². The van der Waals surface area contributed by atoms with Crippen LogP contribution in [-0.4, -0.2) is 10.9 Å². The van der Waals surface area contributed by atoms with Gasteiger partial charge in [-0.2, -0.15) is 24.3 Å². The first kappa shape index (κ1) is 13.4. The van der Waals surface area contributed by atoms with Crippen LogP contribution in [-0.2, 0) is 39.1 Å². The van der Waals surface area contributed by atoms with Gasteiger partial charge in [-0.3, -0.25) is 0 Å². The number of phenols is 1. The molecule has 87 valence electrons. The molecular formula is C15H11O2Y-. The molecule has 0 unspecified atom stereocenters. The molecule has 0 atom stereocenters. The topological polar surface area (TPSA) is 37.3 Å². The van der Waals surface area contributed by atoms with E-state index in [-0.39, 0.29) is 44.2 Å². The maximum Gasteiger partial charge on any atom is 0.143 e. The zero-order chi connectivity index (χ0) is 12.0. The average Bonchev–Trinajstić information content (AvgIpc) is 2.28. The molecule has 1 radical (unpaired) electrons. The molecule has 0 saturated heterocycles. The van der Waals surface area contributed by atoms with Crippen molar-refractivity contribution in [1.82, 2.24) is 0 Å². The van der Waals surface area contributed by atoms with Crippen LogP contribution in [0.1, 0.15) is 32.6 Å². The van der Waals surface area contributed by atoms with Gasteiger partial charge in [-0.05, 0) is 30.5 Å². The molecule has 1 aliphatic rings. The summed E-state index contributed by atoms with van der Waals surface area (Å²) >= 11 is 0. The van der Waals surface area contributed by atoms with Crippen molar-refractivity contribution in [3.05, 3.63) is 64.2 Å². The summed E-state index contributed by atoms with van der Waals surface area (Å²) in [5, 5.41) is 9.90. The van der Waals surface area contributed by atoms with Crippen molar-refractivity contribution in [2.24, 2.45) is 0 Å². The van der Waals surface area contributed by atoms with Gasteiger partial charge in [0.1, 0.15) is 11.5 Å². The van der Waals surface area contributed by atoms with Crippen molar-refractivity contribution in [1.29, 1.82) is 0 Å². The molecule has 0 fully saturated rings. The minimum atomic E-state index is -0.101. The van der Waals surface area contributed by atoms with Crippen LogP contribution in [0.15, 0.2) is 30.3 Å². The predicted molar refractivity (Wildman–Crippen MR) is 64.4 cm³/mol. The SMILES string of the molecule is Cc1cc(O)c2c(c1)Cc1[c-]cccc1C2=O.[Y]. The van der Waals surface area contributed by atoms with E-state index < -0.39 is 0 Å². The number of aryl methyl sites for hydroxylation is 1. The average molecular weight is 312 g/mol. The van der Waals surface area contributed by atoms with Gasteiger partial charge in [-0.1, -0.05) is 11.6 Å². The first-order valence-electron chi connectivity index (χ1n) is 5.53. The first-order chi connectivity index (χ1) is 8.16. The molecule has 0 heterocycles. The van der Waals surface area contributed by atoms with Gasteiger partial charge in [0.25, 0.3) is 0 Å². The fraction of sp³-hybridized carbons (Fsp3) is 0.133. The Hall–Kier alpha value is -0.986. The fourth-order valence-electron chi connectivity index (χ4n) is 2.40. The van der Waals surface area contributed by atoms with Crippen LogP contribution >= 0.6 is 0 Å². The van der Waals surface area contributed by atoms with Crippen molar-refractivity contribution in [2.45, 2.75) is 13.3 Å². The molecule has 2 aromatic carbocycles. The van der Waals surface area contributed by atoms with Crippen molar-refractivity contribution in [3.8, 4) is 5.75 Å². The maximum atomic E-state index is 12.3. The van der Waals surface area contributed by atoms with Crippen LogP contribution in [0.5, 0.6) is 5.75 Å². The van der Waals surface area contributed by atoms with Gasteiger partial charge >= 0.3 is 0 Å². The molecule has 2 nitrogen and oxygen atoms in total. The van der Waals surface area contributed by atoms with Gasteiger partial charge in [0, 0.05) is 32.7 Å². The zero-order valence-corrected chi connectivity index (χ0v) is 12.9. The summed E-state index contributed by atoms with van der Waals surface area (Å²) < 4.78 is 0. The minimum Gasteiger partial charge on any atom is -0.507 e. The Morgan fingerprint density at radius 2 is 2.11 bits per heavy atom. The Kier molecular flexibility index (Phi) is 3.70. The Labute approximate surface area is 131 Å². The molecular weight excluding hydrogens is 301 g/mol. The van der Waals surface area contributed by atoms with E-state index in [1.54, 1.807) is 18.2 Å². The number of carbonyl (C=O) groups is 1. The molecule has 3 heteroatoms. The van der Waals surface area contributed by atoms with E-state index in [9.17, 15) is 9.90 Å². The first-order valence-corrected chi connectivity index (χ1v) is 5.53. The third-order valence-electron chi connectivity index (χ3n) is 3.12. The van der Waals surface area contributed by atoms with Gasteiger partial charge in [0.15, 0.2) is 0 Å². The second-order valence-corrected chi connectivity index (χ2v) is 4.39. The predicted octanol–water partition coefficient (Wildman–Crippen LogP) is 2.63. The molecule has 18 heavy (non-hydrogen) atoms. The number of rotatable bonds is 0. The number of fused-ring (bicyclic) bond motifs is 2. The molecule has 0 aromatic heterocycles. The molecule has 1 N–H and O–H groups in total. The quantitative estimate of drug-likeness (QED) is 0.648. The number of hydrogen-bond acceptors (Lipinski definition) is 2. The fourth-order valence-corrected chi connectivity index (χ4v) is 2.40. The van der Waals surface area contributed by atoms with Crippen LogP contribution in [0.2, 0.25) is 0 Å². The summed E-state index contributed by atoms with van der Waals surface area (Å²) in [4.78, 5) is 12.3. The van der Waals surface area contributed by atoms with Crippen molar-refractivity contribution in [3.63, 3.8) is 0 Å². The summed E-state index contributed by atoms with van der Waals surface area (Å²) in [5.74, 6) is -0.0184. The van der Waals surface area contributed by atoms with E-state index in [2.05, 4.69) is 6.07 Å². The van der Waals surface area contributed by atoms with Crippen LogP contribution < -0.4 is 0 Å². The zero-order valence-electron chi connectivity index (χ0n) is 10.0. The largest absolute Gasteiger partial charge is 0.507 e.